The highest BCUT2D eigenvalue weighted by atomic mass is 79.9. The fraction of sp³-hybridized carbons (Fsp3) is 0. The van der Waals surface area contributed by atoms with Crippen LogP contribution in [0.1, 0.15) is 10.4 Å². The summed E-state index contributed by atoms with van der Waals surface area (Å²) in [6.45, 7) is 0. The summed E-state index contributed by atoms with van der Waals surface area (Å²) in [5.41, 5.74) is 4.04. The van der Waals surface area contributed by atoms with Crippen LogP contribution < -0.4 is 5.73 Å². The van der Waals surface area contributed by atoms with Crippen molar-refractivity contribution in [3.05, 3.63) is 32.3 Å². The van der Waals surface area contributed by atoms with Crippen LogP contribution in [0.4, 0.5) is 5.69 Å². The quantitative estimate of drug-likeness (QED) is 0.505. The first-order valence-electron chi connectivity index (χ1n) is 3.87. The second-order valence-electron chi connectivity index (χ2n) is 2.86. The predicted octanol–water partition coefficient (Wildman–Crippen LogP) is 1.38. The zero-order valence-corrected chi connectivity index (χ0v) is 11.0. The molecule has 0 aliphatic carbocycles. The van der Waals surface area contributed by atoms with Crippen molar-refractivity contribution in [3.8, 4) is 0 Å². The molecule has 10 heteroatoms. The molecule has 0 bridgehead atoms. The number of hydrogen-bond acceptors (Lipinski definition) is 5. The lowest BCUT2D eigenvalue weighted by molar-refractivity contribution is -0.385. The zero-order valence-electron chi connectivity index (χ0n) is 7.88. The molecule has 0 unspecified atom stereocenters. The van der Waals surface area contributed by atoms with E-state index in [4.69, 9.17) is 16.4 Å². The number of carbonyl (C=O) groups excluding carboxylic acids is 1. The number of hydrogen-bond donors (Lipinski definition) is 1. The smallest absolute Gasteiger partial charge is 0.271 e. The van der Waals surface area contributed by atoms with Gasteiger partial charge in [-0.2, -0.15) is 0 Å². The molecule has 0 atom stereocenters. The van der Waals surface area contributed by atoms with E-state index in [1.54, 1.807) is 0 Å². The summed E-state index contributed by atoms with van der Waals surface area (Å²) in [7, 11) is 0.852. The summed E-state index contributed by atoms with van der Waals surface area (Å²) < 4.78 is 22.1. The van der Waals surface area contributed by atoms with E-state index in [2.05, 4.69) is 15.9 Å². The van der Waals surface area contributed by atoms with Gasteiger partial charge in [0.25, 0.3) is 14.7 Å². The molecular weight excluding hydrogens is 340 g/mol. The molecule has 0 saturated heterocycles. The second-order valence-corrected chi connectivity index (χ2v) is 6.19. The van der Waals surface area contributed by atoms with E-state index < -0.39 is 30.5 Å². The normalized spacial score (nSPS) is 11.2. The minimum atomic E-state index is -4.23. The van der Waals surface area contributed by atoms with Gasteiger partial charge in [0.15, 0.2) is 0 Å². The van der Waals surface area contributed by atoms with Gasteiger partial charge in [-0.1, -0.05) is 0 Å². The Morgan fingerprint density at radius 3 is 2.35 bits per heavy atom. The molecule has 2 N–H and O–H groups in total. The Balaban J connectivity index is 3.73. The van der Waals surface area contributed by atoms with Crippen molar-refractivity contribution in [3.63, 3.8) is 0 Å². The number of benzene rings is 1. The van der Waals surface area contributed by atoms with Crippen LogP contribution in [0.25, 0.3) is 0 Å². The Morgan fingerprint density at radius 2 is 2.00 bits per heavy atom. The average molecular weight is 344 g/mol. The minimum Gasteiger partial charge on any atom is -0.366 e. The molecule has 0 fully saturated rings. The molecule has 0 heterocycles. The molecular formula is C7H4BrClN2O5S. The van der Waals surface area contributed by atoms with E-state index in [0.717, 1.165) is 12.1 Å². The Morgan fingerprint density at radius 1 is 1.47 bits per heavy atom. The molecule has 1 amide bonds. The van der Waals surface area contributed by atoms with Crippen LogP contribution in [0.3, 0.4) is 0 Å². The van der Waals surface area contributed by atoms with Gasteiger partial charge in [-0.3, -0.25) is 14.9 Å². The number of halogens is 2. The van der Waals surface area contributed by atoms with Crippen molar-refractivity contribution in [2.24, 2.45) is 5.73 Å². The fourth-order valence-corrected chi connectivity index (χ4v) is 3.34. The molecule has 0 aliphatic heterocycles. The van der Waals surface area contributed by atoms with Gasteiger partial charge in [-0.25, -0.2) is 8.42 Å². The van der Waals surface area contributed by atoms with Crippen molar-refractivity contribution in [1.29, 1.82) is 0 Å². The van der Waals surface area contributed by atoms with Gasteiger partial charge >= 0.3 is 0 Å². The number of nitrogens with two attached hydrogens (primary N) is 1. The van der Waals surface area contributed by atoms with E-state index in [0.29, 0.717) is 0 Å². The van der Waals surface area contributed by atoms with E-state index in [1.807, 2.05) is 0 Å². The first-order valence-corrected chi connectivity index (χ1v) is 6.97. The monoisotopic (exact) mass is 342 g/mol. The molecule has 7 nitrogen and oxygen atoms in total. The van der Waals surface area contributed by atoms with Gasteiger partial charge in [0.2, 0.25) is 5.91 Å². The van der Waals surface area contributed by atoms with Crippen molar-refractivity contribution < 1.29 is 18.1 Å². The zero-order chi connectivity index (χ0) is 13.4. The summed E-state index contributed by atoms with van der Waals surface area (Å²) in [5.74, 6) is -1.01. The van der Waals surface area contributed by atoms with Gasteiger partial charge in [0, 0.05) is 22.8 Å². The van der Waals surface area contributed by atoms with Crippen LogP contribution in [0.5, 0.6) is 0 Å². The number of amides is 1. The lowest BCUT2D eigenvalue weighted by Gasteiger charge is -2.04. The number of carbonyl (C=O) groups is 1. The highest BCUT2D eigenvalue weighted by Crippen LogP contribution is 2.32. The van der Waals surface area contributed by atoms with Crippen LogP contribution in [-0.2, 0) is 9.05 Å². The Bertz CT molecular complexity index is 615. The molecule has 0 radical (unpaired) electrons. The number of nitrogens with zero attached hydrogens (tertiary/aromatic N) is 1. The average Bonchev–Trinajstić information content (AvgIpc) is 2.15. The third-order valence-corrected chi connectivity index (χ3v) is 4.23. The first-order chi connectivity index (χ1) is 7.64. The van der Waals surface area contributed by atoms with Crippen LogP contribution >= 0.6 is 26.6 Å². The maximum absolute atomic E-state index is 11.2. The SMILES string of the molecule is NC(=O)c1cc([N+](=O)[O-])cc(S(=O)(=O)Cl)c1Br. The molecule has 0 spiro atoms. The van der Waals surface area contributed by atoms with Crippen LogP contribution in [0.15, 0.2) is 21.5 Å². The summed E-state index contributed by atoms with van der Waals surface area (Å²) >= 11 is 2.81. The van der Waals surface area contributed by atoms with E-state index in [9.17, 15) is 23.3 Å². The maximum Gasteiger partial charge on any atom is 0.271 e. The number of nitro groups is 1. The molecule has 1 aromatic carbocycles. The third-order valence-electron chi connectivity index (χ3n) is 1.76. The lowest BCUT2D eigenvalue weighted by Crippen LogP contribution is -2.13. The van der Waals surface area contributed by atoms with Crippen molar-refractivity contribution in [1.82, 2.24) is 0 Å². The molecule has 0 aliphatic rings. The van der Waals surface area contributed by atoms with Crippen molar-refractivity contribution in [2.45, 2.75) is 4.90 Å². The summed E-state index contributed by atoms with van der Waals surface area (Å²) in [4.78, 5) is 20.1. The summed E-state index contributed by atoms with van der Waals surface area (Å²) in [6, 6.07) is 1.59. The van der Waals surface area contributed by atoms with Gasteiger partial charge in [0.1, 0.15) is 4.90 Å². The number of primary amides is 1. The van der Waals surface area contributed by atoms with Crippen molar-refractivity contribution >= 4 is 47.3 Å². The topological polar surface area (TPSA) is 120 Å². The second kappa shape index (κ2) is 4.59. The van der Waals surface area contributed by atoms with Crippen molar-refractivity contribution in [2.75, 3.05) is 0 Å². The molecule has 17 heavy (non-hydrogen) atoms. The van der Waals surface area contributed by atoms with E-state index in [1.165, 1.54) is 0 Å². The third kappa shape index (κ3) is 2.93. The van der Waals surface area contributed by atoms with Gasteiger partial charge in [-0.15, -0.1) is 0 Å². The Hall–Kier alpha value is -1.19. The van der Waals surface area contributed by atoms with Gasteiger partial charge < -0.3 is 5.73 Å². The highest BCUT2D eigenvalue weighted by Gasteiger charge is 2.24. The Kier molecular flexibility index (Phi) is 3.74. The fourth-order valence-electron chi connectivity index (χ4n) is 1.05. The number of rotatable bonds is 3. The summed E-state index contributed by atoms with van der Waals surface area (Å²) in [6.07, 6.45) is 0. The summed E-state index contributed by atoms with van der Waals surface area (Å²) in [5, 5.41) is 10.6. The first kappa shape index (κ1) is 13.9. The minimum absolute atomic E-state index is 0.203. The van der Waals surface area contributed by atoms with E-state index in [-0.39, 0.29) is 10.0 Å². The molecule has 1 aromatic rings. The van der Waals surface area contributed by atoms with Gasteiger partial charge in [0.05, 0.1) is 15.0 Å². The number of nitro benzene ring substituents is 1. The highest BCUT2D eigenvalue weighted by molar-refractivity contribution is 9.10. The van der Waals surface area contributed by atoms with E-state index >= 15 is 0 Å². The standard InChI is InChI=1S/C7H4BrClN2O5S/c8-6-4(7(10)12)1-3(11(13)14)2-5(6)17(9,15)16/h1-2H,(H2,10,12). The molecule has 92 valence electrons. The van der Waals surface area contributed by atoms with Gasteiger partial charge in [-0.05, 0) is 15.9 Å². The van der Waals surface area contributed by atoms with Crippen LogP contribution in [0.2, 0.25) is 0 Å². The van der Waals surface area contributed by atoms with Crippen LogP contribution in [-0.4, -0.2) is 19.2 Å². The Labute approximate surface area is 108 Å². The largest absolute Gasteiger partial charge is 0.366 e. The molecule has 0 aromatic heterocycles. The predicted molar refractivity (Wildman–Crippen MR) is 62.4 cm³/mol. The molecule has 1 rings (SSSR count). The van der Waals surface area contributed by atoms with Crippen LogP contribution in [0, 0.1) is 10.1 Å². The molecule has 0 saturated carbocycles. The number of non-ortho nitro benzene ring substituents is 1. The lowest BCUT2D eigenvalue weighted by atomic mass is 10.2. The maximum atomic E-state index is 11.2.